The highest BCUT2D eigenvalue weighted by atomic mass is 16.3. The Kier molecular flexibility index (Phi) is 4.86. The monoisotopic (exact) mass is 265 g/mol. The summed E-state index contributed by atoms with van der Waals surface area (Å²) in [5.74, 6) is -0.405. The van der Waals surface area contributed by atoms with E-state index in [4.69, 9.17) is 4.42 Å². The minimum Gasteiger partial charge on any atom is -0.459 e. The van der Waals surface area contributed by atoms with Crippen LogP contribution in [0.25, 0.3) is 0 Å². The Labute approximate surface area is 112 Å². The highest BCUT2D eigenvalue weighted by Crippen LogP contribution is 2.01. The van der Waals surface area contributed by atoms with Gasteiger partial charge in [0.1, 0.15) is 0 Å². The zero-order chi connectivity index (χ0) is 14.5. The summed E-state index contributed by atoms with van der Waals surface area (Å²) < 4.78 is 4.91. The Morgan fingerprint density at radius 2 is 2.05 bits per heavy atom. The first-order valence-corrected chi connectivity index (χ1v) is 5.96. The Balaban J connectivity index is 2.45. The SMILES string of the molecule is C/C(CC(=O)NC(C)(C)C)=N/NC(=O)c1ccco1. The van der Waals surface area contributed by atoms with Crippen molar-refractivity contribution in [2.75, 3.05) is 0 Å². The summed E-state index contributed by atoms with van der Waals surface area (Å²) in [5, 5.41) is 6.66. The number of hydrazone groups is 1. The minimum atomic E-state index is -0.444. The van der Waals surface area contributed by atoms with Crippen LogP contribution in [0.3, 0.4) is 0 Å². The maximum Gasteiger partial charge on any atom is 0.307 e. The molecule has 0 fully saturated rings. The molecule has 1 aromatic heterocycles. The van der Waals surface area contributed by atoms with Crippen LogP contribution in [-0.4, -0.2) is 23.1 Å². The van der Waals surface area contributed by atoms with Crippen LogP contribution in [0.1, 0.15) is 44.7 Å². The van der Waals surface area contributed by atoms with Crippen LogP contribution in [0.4, 0.5) is 0 Å². The van der Waals surface area contributed by atoms with E-state index in [1.165, 1.54) is 12.3 Å². The van der Waals surface area contributed by atoms with Crippen molar-refractivity contribution in [3.63, 3.8) is 0 Å². The number of carbonyl (C=O) groups is 2. The van der Waals surface area contributed by atoms with Gasteiger partial charge >= 0.3 is 5.91 Å². The van der Waals surface area contributed by atoms with Gasteiger partial charge in [-0.2, -0.15) is 5.10 Å². The second-order valence-electron chi connectivity index (χ2n) is 5.24. The first kappa shape index (κ1) is 14.9. The van der Waals surface area contributed by atoms with Crippen LogP contribution >= 0.6 is 0 Å². The summed E-state index contributed by atoms with van der Waals surface area (Å²) >= 11 is 0. The van der Waals surface area contributed by atoms with Gasteiger partial charge in [0.2, 0.25) is 5.91 Å². The van der Waals surface area contributed by atoms with E-state index in [0.29, 0.717) is 5.71 Å². The lowest BCUT2D eigenvalue weighted by molar-refractivity contribution is -0.121. The standard InChI is InChI=1S/C13H19N3O3/c1-9(8-11(17)14-13(2,3)4)15-16-12(18)10-6-5-7-19-10/h5-7H,8H2,1-4H3,(H,14,17)(H,16,18)/b15-9-. The van der Waals surface area contributed by atoms with Gasteiger partial charge in [0.25, 0.3) is 0 Å². The average molecular weight is 265 g/mol. The first-order valence-electron chi connectivity index (χ1n) is 5.96. The Morgan fingerprint density at radius 1 is 1.37 bits per heavy atom. The second-order valence-corrected chi connectivity index (χ2v) is 5.24. The van der Waals surface area contributed by atoms with Crippen LogP contribution in [0.15, 0.2) is 27.9 Å². The van der Waals surface area contributed by atoms with Crippen molar-refractivity contribution in [3.8, 4) is 0 Å². The normalized spacial score (nSPS) is 12.1. The van der Waals surface area contributed by atoms with Crippen molar-refractivity contribution in [2.45, 2.75) is 39.7 Å². The van der Waals surface area contributed by atoms with Gasteiger partial charge in [-0.05, 0) is 39.8 Å². The van der Waals surface area contributed by atoms with E-state index in [1.54, 1.807) is 13.0 Å². The van der Waals surface area contributed by atoms with Crippen LogP contribution < -0.4 is 10.7 Å². The molecule has 0 saturated carbocycles. The summed E-state index contributed by atoms with van der Waals surface area (Å²) in [4.78, 5) is 23.1. The fraction of sp³-hybridized carbons (Fsp3) is 0.462. The van der Waals surface area contributed by atoms with Crippen LogP contribution in [0, 0.1) is 0 Å². The first-order chi connectivity index (χ1) is 8.78. The van der Waals surface area contributed by atoms with Crippen molar-refractivity contribution < 1.29 is 14.0 Å². The lowest BCUT2D eigenvalue weighted by Gasteiger charge is -2.20. The smallest absolute Gasteiger partial charge is 0.307 e. The Morgan fingerprint density at radius 3 is 2.58 bits per heavy atom. The maximum atomic E-state index is 11.6. The molecule has 0 aromatic carbocycles. The van der Waals surface area contributed by atoms with Gasteiger partial charge in [0.15, 0.2) is 5.76 Å². The number of hydrogen-bond acceptors (Lipinski definition) is 4. The molecule has 2 amide bonds. The van der Waals surface area contributed by atoms with Crippen molar-refractivity contribution in [3.05, 3.63) is 24.2 Å². The van der Waals surface area contributed by atoms with Gasteiger partial charge in [-0.15, -0.1) is 0 Å². The quantitative estimate of drug-likeness (QED) is 0.642. The molecule has 6 heteroatoms. The van der Waals surface area contributed by atoms with Crippen molar-refractivity contribution in [1.29, 1.82) is 0 Å². The summed E-state index contributed by atoms with van der Waals surface area (Å²) in [6.45, 7) is 7.37. The highest BCUT2D eigenvalue weighted by molar-refractivity contribution is 6.01. The molecule has 0 aliphatic rings. The second kappa shape index (κ2) is 6.17. The van der Waals surface area contributed by atoms with E-state index in [9.17, 15) is 9.59 Å². The summed E-state index contributed by atoms with van der Waals surface area (Å²) in [6.07, 6.45) is 1.54. The molecule has 0 radical (unpaired) electrons. The number of amides is 2. The third-order valence-electron chi connectivity index (χ3n) is 2.02. The highest BCUT2D eigenvalue weighted by Gasteiger charge is 2.14. The van der Waals surface area contributed by atoms with Crippen LogP contribution in [-0.2, 0) is 4.79 Å². The van der Waals surface area contributed by atoms with Gasteiger partial charge in [-0.3, -0.25) is 9.59 Å². The van der Waals surface area contributed by atoms with E-state index in [1.807, 2.05) is 20.8 Å². The average Bonchev–Trinajstić information content (AvgIpc) is 2.76. The zero-order valence-corrected chi connectivity index (χ0v) is 11.6. The molecular formula is C13H19N3O3. The molecule has 0 atom stereocenters. The summed E-state index contributed by atoms with van der Waals surface area (Å²) in [6, 6.07) is 3.15. The molecule has 1 aromatic rings. The third-order valence-corrected chi connectivity index (χ3v) is 2.02. The molecule has 6 nitrogen and oxygen atoms in total. The molecule has 0 saturated heterocycles. The minimum absolute atomic E-state index is 0.135. The van der Waals surface area contributed by atoms with E-state index < -0.39 is 5.91 Å². The van der Waals surface area contributed by atoms with Gasteiger partial charge in [0, 0.05) is 11.3 Å². The lowest BCUT2D eigenvalue weighted by Crippen LogP contribution is -2.41. The largest absolute Gasteiger partial charge is 0.459 e. The molecule has 0 unspecified atom stereocenters. The van der Waals surface area contributed by atoms with Crippen LogP contribution in [0.2, 0.25) is 0 Å². The molecule has 104 valence electrons. The Hall–Kier alpha value is -2.11. The number of carbonyl (C=O) groups excluding carboxylic acids is 2. The van der Waals surface area contributed by atoms with Crippen molar-refractivity contribution in [1.82, 2.24) is 10.7 Å². The number of rotatable bonds is 4. The van der Waals surface area contributed by atoms with E-state index >= 15 is 0 Å². The molecule has 0 spiro atoms. The lowest BCUT2D eigenvalue weighted by atomic mass is 10.1. The fourth-order valence-electron chi connectivity index (χ4n) is 1.34. The molecule has 1 rings (SSSR count). The van der Waals surface area contributed by atoms with Gasteiger partial charge in [0.05, 0.1) is 12.7 Å². The number of nitrogens with zero attached hydrogens (tertiary/aromatic N) is 1. The predicted molar refractivity (Wildman–Crippen MR) is 71.8 cm³/mol. The van der Waals surface area contributed by atoms with E-state index in [2.05, 4.69) is 15.8 Å². The maximum absolute atomic E-state index is 11.6. The fourth-order valence-corrected chi connectivity index (χ4v) is 1.34. The molecular weight excluding hydrogens is 246 g/mol. The van der Waals surface area contributed by atoms with E-state index in [0.717, 1.165) is 0 Å². The van der Waals surface area contributed by atoms with E-state index in [-0.39, 0.29) is 23.6 Å². The Bertz CT molecular complexity index is 470. The molecule has 1 heterocycles. The topological polar surface area (TPSA) is 83.7 Å². The zero-order valence-electron chi connectivity index (χ0n) is 11.6. The van der Waals surface area contributed by atoms with Crippen molar-refractivity contribution >= 4 is 17.5 Å². The predicted octanol–water partition coefficient (Wildman–Crippen LogP) is 1.69. The summed E-state index contributed by atoms with van der Waals surface area (Å²) in [7, 11) is 0. The number of furan rings is 1. The van der Waals surface area contributed by atoms with Crippen molar-refractivity contribution in [2.24, 2.45) is 5.10 Å². The molecule has 19 heavy (non-hydrogen) atoms. The molecule has 0 bridgehead atoms. The molecule has 0 aliphatic carbocycles. The van der Waals surface area contributed by atoms with Gasteiger partial charge in [-0.1, -0.05) is 0 Å². The van der Waals surface area contributed by atoms with Gasteiger partial charge < -0.3 is 9.73 Å². The molecule has 0 aliphatic heterocycles. The van der Waals surface area contributed by atoms with Crippen LogP contribution in [0.5, 0.6) is 0 Å². The number of nitrogens with one attached hydrogen (secondary N) is 2. The number of hydrogen-bond donors (Lipinski definition) is 2. The van der Waals surface area contributed by atoms with Gasteiger partial charge in [-0.25, -0.2) is 5.43 Å². The summed E-state index contributed by atoms with van der Waals surface area (Å²) in [5.41, 5.74) is 2.56. The molecule has 2 N–H and O–H groups in total. The third kappa shape index (κ3) is 5.85.